The molecule has 0 spiro atoms. The van der Waals surface area contributed by atoms with E-state index in [1.54, 1.807) is 0 Å². The van der Waals surface area contributed by atoms with E-state index < -0.39 is 0 Å². The number of imidazole rings is 1. The van der Waals surface area contributed by atoms with Crippen molar-refractivity contribution in [3.05, 3.63) is 17.7 Å². The van der Waals surface area contributed by atoms with Crippen LogP contribution in [-0.4, -0.2) is 70.2 Å². The zero-order chi connectivity index (χ0) is 17.4. The molecule has 4 heterocycles. The van der Waals surface area contributed by atoms with Gasteiger partial charge in [-0.15, -0.1) is 0 Å². The first-order valence-electron chi connectivity index (χ1n) is 9.69. The van der Waals surface area contributed by atoms with E-state index in [1.807, 2.05) is 13.1 Å². The quantitative estimate of drug-likeness (QED) is 0.814. The Morgan fingerprint density at radius 2 is 1.92 bits per heavy atom. The van der Waals surface area contributed by atoms with Crippen LogP contribution in [0.5, 0.6) is 0 Å². The predicted octanol–water partition coefficient (Wildman–Crippen LogP) is 1.47. The number of hydrogen-bond donors (Lipinski definition) is 0. The van der Waals surface area contributed by atoms with Crippen molar-refractivity contribution in [1.29, 1.82) is 0 Å². The van der Waals surface area contributed by atoms with Gasteiger partial charge in [-0.1, -0.05) is 0 Å². The molecule has 0 saturated carbocycles. The number of nitrogens with zero attached hydrogens (tertiary/aromatic N) is 4. The summed E-state index contributed by atoms with van der Waals surface area (Å²) >= 11 is 0. The summed E-state index contributed by atoms with van der Waals surface area (Å²) in [6.45, 7) is 10.8. The molecule has 0 aliphatic carbocycles. The van der Waals surface area contributed by atoms with Crippen LogP contribution in [0.4, 0.5) is 0 Å². The topological polar surface area (TPSA) is 50.6 Å². The Balaban J connectivity index is 1.35. The summed E-state index contributed by atoms with van der Waals surface area (Å²) in [5, 5.41) is 0. The van der Waals surface area contributed by atoms with Crippen molar-refractivity contribution >= 4 is 5.91 Å². The average Bonchev–Trinajstić information content (AvgIpc) is 3.03. The summed E-state index contributed by atoms with van der Waals surface area (Å²) in [5.74, 6) is 1.56. The molecule has 1 amide bonds. The van der Waals surface area contributed by atoms with Crippen molar-refractivity contribution in [1.82, 2.24) is 19.4 Å². The molecule has 0 bridgehead atoms. The van der Waals surface area contributed by atoms with Crippen molar-refractivity contribution in [3.8, 4) is 0 Å². The molecule has 1 atom stereocenters. The first kappa shape index (κ1) is 17.0. The van der Waals surface area contributed by atoms with Crippen LogP contribution in [0.1, 0.15) is 37.7 Å². The van der Waals surface area contributed by atoms with Crippen LogP contribution >= 0.6 is 0 Å². The lowest BCUT2D eigenvalue weighted by molar-refractivity contribution is -0.139. The zero-order valence-corrected chi connectivity index (χ0v) is 15.5. The number of fused-ring (bicyclic) bond motifs is 1. The van der Waals surface area contributed by atoms with Crippen LogP contribution in [0.2, 0.25) is 0 Å². The van der Waals surface area contributed by atoms with Gasteiger partial charge in [0.25, 0.3) is 0 Å². The maximum atomic E-state index is 13.0. The Kier molecular flexibility index (Phi) is 4.58. The fourth-order valence-corrected chi connectivity index (χ4v) is 4.72. The van der Waals surface area contributed by atoms with E-state index in [0.717, 1.165) is 77.4 Å². The molecule has 3 aliphatic rings. The van der Waals surface area contributed by atoms with Crippen LogP contribution in [0.15, 0.2) is 6.20 Å². The molecule has 138 valence electrons. The van der Waals surface area contributed by atoms with Gasteiger partial charge in [0.05, 0.1) is 13.2 Å². The summed E-state index contributed by atoms with van der Waals surface area (Å²) in [6.07, 6.45) is 5.88. The van der Waals surface area contributed by atoms with E-state index in [-0.39, 0.29) is 11.5 Å². The Bertz CT molecular complexity index is 627. The first-order chi connectivity index (χ1) is 12.1. The number of morpholine rings is 1. The second-order valence-corrected chi connectivity index (χ2v) is 8.06. The molecule has 25 heavy (non-hydrogen) atoms. The third-order valence-corrected chi connectivity index (χ3v) is 6.57. The number of amides is 1. The molecule has 1 unspecified atom stereocenters. The molecule has 1 aromatic rings. The number of rotatable bonds is 2. The molecule has 3 aliphatic heterocycles. The van der Waals surface area contributed by atoms with Gasteiger partial charge < -0.3 is 14.2 Å². The molecule has 0 aromatic carbocycles. The smallest absolute Gasteiger partial charge is 0.226 e. The number of aromatic nitrogens is 2. The van der Waals surface area contributed by atoms with E-state index in [9.17, 15) is 4.79 Å². The lowest BCUT2D eigenvalue weighted by Gasteiger charge is -2.48. The second-order valence-electron chi connectivity index (χ2n) is 8.06. The number of likely N-dealkylation sites (tertiary alicyclic amines) is 1. The fourth-order valence-electron chi connectivity index (χ4n) is 4.72. The highest BCUT2D eigenvalue weighted by Gasteiger charge is 2.39. The van der Waals surface area contributed by atoms with Gasteiger partial charge in [0.1, 0.15) is 5.82 Å². The van der Waals surface area contributed by atoms with Crippen LogP contribution in [0.25, 0.3) is 0 Å². The van der Waals surface area contributed by atoms with E-state index in [1.165, 1.54) is 5.69 Å². The minimum atomic E-state index is 0.136. The van der Waals surface area contributed by atoms with Gasteiger partial charge in [-0.25, -0.2) is 4.98 Å². The monoisotopic (exact) mass is 346 g/mol. The third-order valence-electron chi connectivity index (χ3n) is 6.57. The van der Waals surface area contributed by atoms with Crippen molar-refractivity contribution in [3.63, 3.8) is 0 Å². The third kappa shape index (κ3) is 3.22. The highest BCUT2D eigenvalue weighted by molar-refractivity contribution is 5.79. The maximum absolute atomic E-state index is 13.0. The predicted molar refractivity (Wildman–Crippen MR) is 95.4 cm³/mol. The molecule has 6 heteroatoms. The zero-order valence-electron chi connectivity index (χ0n) is 15.5. The van der Waals surface area contributed by atoms with Gasteiger partial charge in [0, 0.05) is 62.5 Å². The first-order valence-corrected chi connectivity index (χ1v) is 9.69. The standard InChI is InChI=1S/C19H30N4O2/c1-15-20-14-17-13-16(3-6-23(15)17)18(24)21-7-4-19(2,5-8-21)22-9-11-25-12-10-22/h14,16H,3-13H2,1-2H3. The van der Waals surface area contributed by atoms with Gasteiger partial charge in [-0.2, -0.15) is 0 Å². The summed E-state index contributed by atoms with van der Waals surface area (Å²) in [4.78, 5) is 22.1. The highest BCUT2D eigenvalue weighted by Crippen LogP contribution is 2.31. The van der Waals surface area contributed by atoms with Crippen LogP contribution in [0.3, 0.4) is 0 Å². The maximum Gasteiger partial charge on any atom is 0.226 e. The fraction of sp³-hybridized carbons (Fsp3) is 0.789. The number of carbonyl (C=O) groups excluding carboxylic acids is 1. The number of carbonyl (C=O) groups is 1. The van der Waals surface area contributed by atoms with Crippen LogP contribution in [-0.2, 0) is 22.5 Å². The normalized spacial score (nSPS) is 27.1. The molecule has 2 fully saturated rings. The molecule has 6 nitrogen and oxygen atoms in total. The lowest BCUT2D eigenvalue weighted by atomic mass is 9.86. The molecule has 0 N–H and O–H groups in total. The number of piperidine rings is 1. The van der Waals surface area contributed by atoms with E-state index >= 15 is 0 Å². The van der Waals surface area contributed by atoms with E-state index in [0.29, 0.717) is 5.91 Å². The Morgan fingerprint density at radius 3 is 2.64 bits per heavy atom. The number of ether oxygens (including phenoxy) is 1. The van der Waals surface area contributed by atoms with Crippen LogP contribution < -0.4 is 0 Å². The van der Waals surface area contributed by atoms with Gasteiger partial charge in [0.2, 0.25) is 5.91 Å². The van der Waals surface area contributed by atoms with E-state index in [4.69, 9.17) is 4.74 Å². The van der Waals surface area contributed by atoms with Gasteiger partial charge in [-0.3, -0.25) is 9.69 Å². The van der Waals surface area contributed by atoms with Crippen LogP contribution in [0, 0.1) is 12.8 Å². The minimum Gasteiger partial charge on any atom is -0.379 e. The molecule has 4 rings (SSSR count). The summed E-state index contributed by atoms with van der Waals surface area (Å²) in [6, 6.07) is 0. The van der Waals surface area contributed by atoms with Gasteiger partial charge in [-0.05, 0) is 33.1 Å². The van der Waals surface area contributed by atoms with Gasteiger partial charge >= 0.3 is 0 Å². The SMILES string of the molecule is Cc1ncc2n1CCC(C(=O)N1CCC(C)(N3CCOCC3)CC1)C2. The van der Waals surface area contributed by atoms with E-state index in [2.05, 4.69) is 26.3 Å². The summed E-state index contributed by atoms with van der Waals surface area (Å²) < 4.78 is 7.75. The molecular weight excluding hydrogens is 316 g/mol. The largest absolute Gasteiger partial charge is 0.379 e. The molecule has 1 aromatic heterocycles. The van der Waals surface area contributed by atoms with Crippen molar-refractivity contribution in [2.24, 2.45) is 5.92 Å². The minimum absolute atomic E-state index is 0.136. The summed E-state index contributed by atoms with van der Waals surface area (Å²) in [5.41, 5.74) is 1.44. The number of hydrogen-bond acceptors (Lipinski definition) is 4. The number of aryl methyl sites for hydroxylation is 1. The Hall–Kier alpha value is -1.40. The Morgan fingerprint density at radius 1 is 1.20 bits per heavy atom. The molecule has 0 radical (unpaired) electrons. The molecule has 2 saturated heterocycles. The van der Waals surface area contributed by atoms with Gasteiger partial charge in [0.15, 0.2) is 0 Å². The molecular formula is C19H30N4O2. The van der Waals surface area contributed by atoms with Crippen molar-refractivity contribution < 1.29 is 9.53 Å². The van der Waals surface area contributed by atoms with Crippen molar-refractivity contribution in [2.45, 2.75) is 51.6 Å². The summed E-state index contributed by atoms with van der Waals surface area (Å²) in [7, 11) is 0. The average molecular weight is 346 g/mol. The van der Waals surface area contributed by atoms with Crippen molar-refractivity contribution in [2.75, 3.05) is 39.4 Å². The lowest BCUT2D eigenvalue weighted by Crippen LogP contribution is -2.58. The second kappa shape index (κ2) is 6.72. The Labute approximate surface area is 150 Å². The highest BCUT2D eigenvalue weighted by atomic mass is 16.5.